The predicted octanol–water partition coefficient (Wildman–Crippen LogP) is 4.30. The summed E-state index contributed by atoms with van der Waals surface area (Å²) in [4.78, 5) is 11.8. The third kappa shape index (κ3) is 2.72. The van der Waals surface area contributed by atoms with E-state index in [9.17, 15) is 10.1 Å². The lowest BCUT2D eigenvalue weighted by molar-refractivity contribution is 0.100. The third-order valence-electron chi connectivity index (χ3n) is 2.40. The van der Waals surface area contributed by atoms with Gasteiger partial charge in [0.2, 0.25) is 0 Å². The topological polar surface area (TPSA) is 66.9 Å². The molecule has 0 aliphatic carbocycles. The summed E-state index contributed by atoms with van der Waals surface area (Å²) in [7, 11) is 0. The SMILES string of the molecule is N#Cc1c(I)sc(C(N)=O)c1-c1ccc(Cl)cc1Cl. The number of hydrogen-bond donors (Lipinski definition) is 1. The lowest BCUT2D eigenvalue weighted by Crippen LogP contribution is -2.10. The molecule has 0 saturated heterocycles. The molecule has 96 valence electrons. The number of rotatable bonds is 2. The zero-order valence-corrected chi connectivity index (χ0v) is 13.7. The Bertz CT molecular complexity index is 721. The Hall–Kier alpha value is -0.810. The van der Waals surface area contributed by atoms with Crippen molar-refractivity contribution < 1.29 is 4.79 Å². The zero-order chi connectivity index (χ0) is 14.2. The van der Waals surface area contributed by atoms with Crippen LogP contribution in [0.5, 0.6) is 0 Å². The molecule has 0 fully saturated rings. The summed E-state index contributed by atoms with van der Waals surface area (Å²) >= 11 is 15.2. The number of carbonyl (C=O) groups excluding carboxylic acids is 1. The van der Waals surface area contributed by atoms with E-state index < -0.39 is 5.91 Å². The van der Waals surface area contributed by atoms with Gasteiger partial charge in [0.1, 0.15) is 10.9 Å². The largest absolute Gasteiger partial charge is 0.365 e. The fourth-order valence-electron chi connectivity index (χ4n) is 1.63. The van der Waals surface area contributed by atoms with Crippen molar-refractivity contribution in [2.45, 2.75) is 0 Å². The lowest BCUT2D eigenvalue weighted by Gasteiger charge is -2.05. The van der Waals surface area contributed by atoms with Crippen LogP contribution in [0.2, 0.25) is 10.0 Å². The molecule has 0 aliphatic heterocycles. The number of thiophene rings is 1. The fourth-order valence-corrected chi connectivity index (χ4v) is 4.02. The van der Waals surface area contributed by atoms with Crippen LogP contribution in [0.4, 0.5) is 0 Å². The maximum Gasteiger partial charge on any atom is 0.259 e. The molecule has 1 amide bonds. The van der Waals surface area contributed by atoms with Gasteiger partial charge in [-0.05, 0) is 34.7 Å². The van der Waals surface area contributed by atoms with Crippen molar-refractivity contribution in [2.75, 3.05) is 0 Å². The number of carbonyl (C=O) groups is 1. The van der Waals surface area contributed by atoms with Crippen LogP contribution in [-0.4, -0.2) is 5.91 Å². The third-order valence-corrected chi connectivity index (χ3v) is 5.14. The van der Waals surface area contributed by atoms with Gasteiger partial charge in [-0.1, -0.05) is 29.3 Å². The van der Waals surface area contributed by atoms with E-state index in [0.29, 0.717) is 34.5 Å². The highest BCUT2D eigenvalue weighted by Crippen LogP contribution is 2.40. The monoisotopic (exact) mass is 422 g/mol. The number of amides is 1. The van der Waals surface area contributed by atoms with Gasteiger partial charge >= 0.3 is 0 Å². The Morgan fingerprint density at radius 2 is 2.11 bits per heavy atom. The van der Waals surface area contributed by atoms with E-state index in [1.54, 1.807) is 18.2 Å². The molecule has 0 bridgehead atoms. The molecule has 0 atom stereocenters. The minimum atomic E-state index is -0.578. The van der Waals surface area contributed by atoms with Crippen LogP contribution in [-0.2, 0) is 0 Å². The van der Waals surface area contributed by atoms with Gasteiger partial charge in [0, 0.05) is 21.2 Å². The van der Waals surface area contributed by atoms with Crippen molar-refractivity contribution in [1.29, 1.82) is 5.26 Å². The first kappa shape index (κ1) is 14.6. The van der Waals surface area contributed by atoms with Gasteiger partial charge in [0.15, 0.2) is 0 Å². The van der Waals surface area contributed by atoms with Gasteiger partial charge in [-0.15, -0.1) is 11.3 Å². The molecule has 0 saturated carbocycles. The van der Waals surface area contributed by atoms with Crippen molar-refractivity contribution in [2.24, 2.45) is 5.73 Å². The first-order valence-electron chi connectivity index (χ1n) is 4.93. The maximum atomic E-state index is 11.5. The molecule has 1 aromatic carbocycles. The minimum Gasteiger partial charge on any atom is -0.365 e. The number of nitrogens with zero attached hydrogens (tertiary/aromatic N) is 1. The number of primary amides is 1. The zero-order valence-electron chi connectivity index (χ0n) is 9.21. The number of benzene rings is 1. The summed E-state index contributed by atoms with van der Waals surface area (Å²) in [6, 6.07) is 6.98. The van der Waals surface area contributed by atoms with E-state index in [0.717, 1.165) is 0 Å². The molecule has 19 heavy (non-hydrogen) atoms. The van der Waals surface area contributed by atoms with Crippen LogP contribution in [0, 0.1) is 14.2 Å². The Morgan fingerprint density at radius 1 is 1.42 bits per heavy atom. The fraction of sp³-hybridized carbons (Fsp3) is 0. The molecular weight excluding hydrogens is 418 g/mol. The maximum absolute atomic E-state index is 11.5. The highest BCUT2D eigenvalue weighted by Gasteiger charge is 2.23. The van der Waals surface area contributed by atoms with Gasteiger partial charge in [0.05, 0.1) is 8.45 Å². The molecule has 2 N–H and O–H groups in total. The molecule has 3 nitrogen and oxygen atoms in total. The van der Waals surface area contributed by atoms with E-state index in [4.69, 9.17) is 28.9 Å². The van der Waals surface area contributed by atoms with Crippen LogP contribution in [0.25, 0.3) is 11.1 Å². The molecule has 2 rings (SSSR count). The molecule has 2 aromatic rings. The lowest BCUT2D eigenvalue weighted by atomic mass is 10.0. The highest BCUT2D eigenvalue weighted by molar-refractivity contribution is 14.1. The average molecular weight is 423 g/mol. The quantitative estimate of drug-likeness (QED) is 0.733. The van der Waals surface area contributed by atoms with Crippen molar-refractivity contribution in [3.63, 3.8) is 0 Å². The molecule has 1 aromatic heterocycles. The first-order valence-corrected chi connectivity index (χ1v) is 7.58. The smallest absolute Gasteiger partial charge is 0.259 e. The van der Waals surface area contributed by atoms with E-state index in [1.807, 2.05) is 22.6 Å². The number of hydrogen-bond acceptors (Lipinski definition) is 3. The van der Waals surface area contributed by atoms with E-state index in [1.165, 1.54) is 11.3 Å². The first-order chi connectivity index (χ1) is 8.95. The van der Waals surface area contributed by atoms with Crippen molar-refractivity contribution in [1.82, 2.24) is 0 Å². The van der Waals surface area contributed by atoms with E-state index in [2.05, 4.69) is 6.07 Å². The van der Waals surface area contributed by atoms with Crippen LogP contribution in [0.3, 0.4) is 0 Å². The predicted molar refractivity (Wildman–Crippen MR) is 85.7 cm³/mol. The van der Waals surface area contributed by atoms with Crippen molar-refractivity contribution >= 4 is 63.0 Å². The summed E-state index contributed by atoms with van der Waals surface area (Å²) in [5, 5.41) is 10.1. The van der Waals surface area contributed by atoms with Gasteiger partial charge in [0.25, 0.3) is 5.91 Å². The Kier molecular flexibility index (Phi) is 4.36. The van der Waals surface area contributed by atoms with E-state index in [-0.39, 0.29) is 0 Å². The van der Waals surface area contributed by atoms with Crippen LogP contribution < -0.4 is 5.73 Å². The summed E-state index contributed by atoms with van der Waals surface area (Å²) < 4.78 is 0.704. The van der Waals surface area contributed by atoms with Gasteiger partial charge in [-0.25, -0.2) is 0 Å². The molecule has 7 heteroatoms. The standard InChI is InChI=1S/C12H5Cl2IN2OS/c13-5-1-2-6(8(14)3-5)9-7(4-16)11(15)19-10(9)12(17)18/h1-3H,(H2,17,18). The normalized spacial score (nSPS) is 10.2. The Morgan fingerprint density at radius 3 is 2.63 bits per heavy atom. The second-order valence-electron chi connectivity index (χ2n) is 3.56. The molecule has 1 heterocycles. The molecule has 0 radical (unpaired) electrons. The number of nitrogens with two attached hydrogens (primary N) is 1. The average Bonchev–Trinajstić information content (AvgIpc) is 2.66. The molecule has 0 aliphatic rings. The summed E-state index contributed by atoms with van der Waals surface area (Å²) in [5.74, 6) is -0.578. The van der Waals surface area contributed by atoms with Crippen molar-refractivity contribution in [3.8, 4) is 17.2 Å². The van der Waals surface area contributed by atoms with Crippen LogP contribution in [0.1, 0.15) is 15.2 Å². The minimum absolute atomic E-state index is 0.324. The Balaban J connectivity index is 2.81. The number of nitriles is 1. The van der Waals surface area contributed by atoms with Gasteiger partial charge < -0.3 is 5.73 Å². The second-order valence-corrected chi connectivity index (χ2v) is 7.23. The van der Waals surface area contributed by atoms with Gasteiger partial charge in [-0.3, -0.25) is 4.79 Å². The summed E-state index contributed by atoms with van der Waals surface area (Å²) in [5.41, 5.74) is 6.82. The highest BCUT2D eigenvalue weighted by atomic mass is 127. The van der Waals surface area contributed by atoms with E-state index >= 15 is 0 Å². The molecule has 0 spiro atoms. The van der Waals surface area contributed by atoms with Crippen LogP contribution >= 0.6 is 57.1 Å². The summed E-state index contributed by atoms with van der Waals surface area (Å²) in [6.45, 7) is 0. The number of halogens is 3. The van der Waals surface area contributed by atoms with Gasteiger partial charge in [-0.2, -0.15) is 5.26 Å². The molecular formula is C12H5Cl2IN2OS. The summed E-state index contributed by atoms with van der Waals surface area (Å²) in [6.07, 6.45) is 0. The van der Waals surface area contributed by atoms with Crippen LogP contribution in [0.15, 0.2) is 18.2 Å². The second kappa shape index (κ2) is 5.67. The van der Waals surface area contributed by atoms with Crippen molar-refractivity contribution in [3.05, 3.63) is 41.6 Å². The molecule has 0 unspecified atom stereocenters. The Labute approximate surface area is 137 Å².